The van der Waals surface area contributed by atoms with Gasteiger partial charge in [-0.3, -0.25) is 14.2 Å². The zero-order valence-corrected chi connectivity index (χ0v) is 18.3. The third kappa shape index (κ3) is 5.87. The number of aromatic nitrogens is 2. The number of aryl methyl sites for hydroxylation is 1. The van der Waals surface area contributed by atoms with E-state index in [0.717, 1.165) is 5.69 Å². The minimum Gasteiger partial charge on any atom is -0.480 e. The van der Waals surface area contributed by atoms with Crippen LogP contribution in [0, 0.1) is 0 Å². The van der Waals surface area contributed by atoms with Crippen molar-refractivity contribution in [2.45, 2.75) is 62.8 Å². The van der Waals surface area contributed by atoms with Crippen LogP contribution in [0.1, 0.15) is 49.0 Å². The number of amides is 1. The Hall–Kier alpha value is -2.56. The van der Waals surface area contributed by atoms with E-state index in [-0.39, 0.29) is 25.2 Å². The summed E-state index contributed by atoms with van der Waals surface area (Å²) in [4.78, 5) is 12.6. The number of aliphatic hydroxyl groups excluding tert-OH is 1. The molecular formula is C22H23ClF3N3O4. The van der Waals surface area contributed by atoms with E-state index in [1.165, 1.54) is 0 Å². The van der Waals surface area contributed by atoms with Gasteiger partial charge in [-0.2, -0.15) is 5.10 Å². The molecule has 1 fully saturated rings. The molecule has 7 nitrogen and oxygen atoms in total. The summed E-state index contributed by atoms with van der Waals surface area (Å²) in [6.45, 7) is 4.30. The molecule has 11 heteroatoms. The number of fused-ring (bicyclic) bond motifs is 1. The van der Waals surface area contributed by atoms with E-state index in [1.807, 2.05) is 0 Å². The highest BCUT2D eigenvalue weighted by Crippen LogP contribution is 2.40. The lowest BCUT2D eigenvalue weighted by Gasteiger charge is -2.34. The van der Waals surface area contributed by atoms with Gasteiger partial charge in [-0.25, -0.2) is 0 Å². The van der Waals surface area contributed by atoms with E-state index in [9.17, 15) is 23.1 Å². The van der Waals surface area contributed by atoms with E-state index in [1.54, 1.807) is 35.1 Å². The van der Waals surface area contributed by atoms with Crippen LogP contribution in [0.15, 0.2) is 42.7 Å². The quantitative estimate of drug-likeness (QED) is 0.613. The van der Waals surface area contributed by atoms with Gasteiger partial charge in [0.15, 0.2) is 6.10 Å². The second kappa shape index (κ2) is 9.36. The molecule has 2 aliphatic rings. The van der Waals surface area contributed by atoms with Gasteiger partial charge in [0.25, 0.3) is 5.91 Å². The van der Waals surface area contributed by atoms with Crippen LogP contribution in [0.2, 0.25) is 5.02 Å². The van der Waals surface area contributed by atoms with Gasteiger partial charge in [-0.05, 0) is 37.1 Å². The summed E-state index contributed by atoms with van der Waals surface area (Å²) in [7, 11) is 0. The number of allylic oxidation sites excluding steroid dienone is 1. The van der Waals surface area contributed by atoms with Crippen LogP contribution in [-0.4, -0.2) is 39.4 Å². The smallest absolute Gasteiger partial charge is 0.480 e. The standard InChI is InChI=1S/C22H23ClF3N3O4/c1-12(27-21(31)20-11-18(30)16-10-14(23)2-3-19(16)32-20)4-6-29-7-5-17(28-29)13-8-15(9-13)33-22(24,25)26/h2-3,5,7,10,13,15,18,20,30H,1,4,6,8-9,11H2,(H,27,31)/t13?,15?,18-,20-/m1/s1. The Morgan fingerprint density at radius 1 is 1.33 bits per heavy atom. The largest absolute Gasteiger partial charge is 0.522 e. The zero-order valence-electron chi connectivity index (χ0n) is 17.5. The highest BCUT2D eigenvalue weighted by molar-refractivity contribution is 6.30. The van der Waals surface area contributed by atoms with Crippen LogP contribution in [0.4, 0.5) is 13.2 Å². The van der Waals surface area contributed by atoms with Crippen LogP contribution in [-0.2, 0) is 16.1 Å². The molecule has 178 valence electrons. The van der Waals surface area contributed by atoms with Gasteiger partial charge >= 0.3 is 6.36 Å². The van der Waals surface area contributed by atoms with E-state index in [0.29, 0.717) is 35.0 Å². The van der Waals surface area contributed by atoms with Gasteiger partial charge < -0.3 is 15.2 Å². The van der Waals surface area contributed by atoms with Crippen molar-refractivity contribution < 1.29 is 32.5 Å². The van der Waals surface area contributed by atoms with Crippen LogP contribution in [0.25, 0.3) is 0 Å². The molecule has 2 aromatic rings. The summed E-state index contributed by atoms with van der Waals surface area (Å²) in [6, 6.07) is 6.62. The maximum absolute atomic E-state index is 12.6. The van der Waals surface area contributed by atoms with Gasteiger partial charge in [0, 0.05) is 47.8 Å². The lowest BCUT2D eigenvalue weighted by Crippen LogP contribution is -2.41. The van der Waals surface area contributed by atoms with E-state index < -0.39 is 30.6 Å². The molecule has 2 atom stereocenters. The summed E-state index contributed by atoms with van der Waals surface area (Å²) in [6.07, 6.45) is -4.38. The highest BCUT2D eigenvalue weighted by atomic mass is 35.5. The van der Waals surface area contributed by atoms with Gasteiger partial charge in [-0.1, -0.05) is 18.2 Å². The first kappa shape index (κ1) is 23.6. The van der Waals surface area contributed by atoms with Crippen LogP contribution in [0.5, 0.6) is 5.75 Å². The fourth-order valence-corrected chi connectivity index (χ4v) is 4.14. The molecule has 1 aromatic carbocycles. The van der Waals surface area contributed by atoms with Crippen LogP contribution < -0.4 is 10.1 Å². The van der Waals surface area contributed by atoms with Crippen molar-refractivity contribution in [1.29, 1.82) is 0 Å². The first-order chi connectivity index (χ1) is 15.6. The van der Waals surface area contributed by atoms with Crippen molar-refractivity contribution in [2.75, 3.05) is 0 Å². The Kier molecular flexibility index (Phi) is 6.69. The lowest BCUT2D eigenvalue weighted by molar-refractivity contribution is -0.351. The molecule has 0 spiro atoms. The fraction of sp³-hybridized carbons (Fsp3) is 0.455. The number of carbonyl (C=O) groups excluding carboxylic acids is 1. The van der Waals surface area contributed by atoms with Crippen molar-refractivity contribution in [2.24, 2.45) is 0 Å². The summed E-state index contributed by atoms with van der Waals surface area (Å²) in [5.41, 5.74) is 1.72. The number of nitrogens with one attached hydrogen (secondary N) is 1. The lowest BCUT2D eigenvalue weighted by atomic mass is 9.80. The van der Waals surface area contributed by atoms with Gasteiger partial charge in [0.1, 0.15) is 5.75 Å². The van der Waals surface area contributed by atoms with Gasteiger partial charge in [0.05, 0.1) is 17.9 Å². The molecule has 0 bridgehead atoms. The monoisotopic (exact) mass is 485 g/mol. The normalized spacial score (nSPS) is 24.4. The molecule has 0 saturated heterocycles. The summed E-state index contributed by atoms with van der Waals surface area (Å²) < 4.78 is 48.1. The third-order valence-electron chi connectivity index (χ3n) is 5.75. The highest BCUT2D eigenvalue weighted by Gasteiger charge is 2.41. The predicted octanol–water partition coefficient (Wildman–Crippen LogP) is 4.22. The maximum Gasteiger partial charge on any atom is 0.522 e. The average molecular weight is 486 g/mol. The van der Waals surface area contributed by atoms with Crippen molar-refractivity contribution in [1.82, 2.24) is 15.1 Å². The number of benzene rings is 1. The molecule has 1 aliphatic heterocycles. The number of carbonyl (C=O) groups is 1. The van der Waals surface area contributed by atoms with Crippen molar-refractivity contribution in [3.8, 4) is 5.75 Å². The number of rotatable bonds is 7. The molecule has 2 heterocycles. The molecule has 1 saturated carbocycles. The predicted molar refractivity (Wildman–Crippen MR) is 112 cm³/mol. The Bertz CT molecular complexity index is 1040. The minimum atomic E-state index is -4.61. The summed E-state index contributed by atoms with van der Waals surface area (Å²) in [5, 5.41) is 17.9. The second-order valence-corrected chi connectivity index (χ2v) is 8.68. The number of nitrogens with zero attached hydrogens (tertiary/aromatic N) is 2. The Balaban J connectivity index is 1.23. The minimum absolute atomic E-state index is 0.0610. The molecule has 2 N–H and O–H groups in total. The van der Waals surface area contributed by atoms with Gasteiger partial charge in [0.2, 0.25) is 0 Å². The maximum atomic E-state index is 12.6. The first-order valence-corrected chi connectivity index (χ1v) is 10.9. The van der Waals surface area contributed by atoms with Gasteiger partial charge in [-0.15, -0.1) is 13.2 Å². The Labute approximate surface area is 193 Å². The van der Waals surface area contributed by atoms with E-state index in [4.69, 9.17) is 16.3 Å². The molecular weight excluding hydrogens is 463 g/mol. The van der Waals surface area contributed by atoms with Crippen LogP contribution >= 0.6 is 11.6 Å². The van der Waals surface area contributed by atoms with Crippen LogP contribution in [0.3, 0.4) is 0 Å². The second-order valence-electron chi connectivity index (χ2n) is 8.24. The summed E-state index contributed by atoms with van der Waals surface area (Å²) in [5.74, 6) is -0.0630. The third-order valence-corrected chi connectivity index (χ3v) is 5.98. The Morgan fingerprint density at radius 2 is 2.09 bits per heavy atom. The molecule has 0 radical (unpaired) electrons. The fourth-order valence-electron chi connectivity index (χ4n) is 3.96. The zero-order chi connectivity index (χ0) is 23.8. The molecule has 1 amide bonds. The molecule has 33 heavy (non-hydrogen) atoms. The van der Waals surface area contributed by atoms with Crippen molar-refractivity contribution >= 4 is 17.5 Å². The Morgan fingerprint density at radius 3 is 2.82 bits per heavy atom. The molecule has 4 rings (SSSR count). The SMILES string of the molecule is C=C(CCn1ccc(C2CC(OC(F)(F)F)C2)n1)NC(=O)[C@H]1C[C@@H](O)c2cc(Cl)ccc2O1. The molecule has 1 aliphatic carbocycles. The number of hydrogen-bond donors (Lipinski definition) is 2. The van der Waals surface area contributed by atoms with E-state index >= 15 is 0 Å². The first-order valence-electron chi connectivity index (χ1n) is 10.5. The number of alkyl halides is 3. The molecule has 1 aromatic heterocycles. The number of aliphatic hydroxyl groups is 1. The number of halogens is 4. The average Bonchev–Trinajstić information content (AvgIpc) is 3.17. The van der Waals surface area contributed by atoms with Crippen molar-refractivity contribution in [3.63, 3.8) is 0 Å². The van der Waals surface area contributed by atoms with E-state index in [2.05, 4.69) is 21.7 Å². The topological polar surface area (TPSA) is 85.6 Å². The molecule has 0 unspecified atom stereocenters. The summed E-state index contributed by atoms with van der Waals surface area (Å²) >= 11 is 5.94. The number of hydrogen-bond acceptors (Lipinski definition) is 5. The van der Waals surface area contributed by atoms with Crippen molar-refractivity contribution in [3.05, 3.63) is 59.0 Å². The number of ether oxygens (including phenoxy) is 2.